The van der Waals surface area contributed by atoms with Gasteiger partial charge in [-0.25, -0.2) is 0 Å². The quantitative estimate of drug-likeness (QED) is 0.155. The molecular formula is C69H52. The zero-order valence-corrected chi connectivity index (χ0v) is 40.1. The van der Waals surface area contributed by atoms with Crippen LogP contribution in [-0.2, 0) is 16.2 Å². The van der Waals surface area contributed by atoms with E-state index in [-0.39, 0.29) is 16.2 Å². The molecule has 0 fully saturated rings. The second kappa shape index (κ2) is 14.1. The molecule has 11 aromatic rings. The van der Waals surface area contributed by atoms with Gasteiger partial charge in [0.1, 0.15) is 0 Å². The lowest BCUT2D eigenvalue weighted by Gasteiger charge is -2.25. The molecule has 0 unspecified atom stereocenters. The van der Waals surface area contributed by atoms with Crippen molar-refractivity contribution in [2.45, 2.75) is 57.8 Å². The highest BCUT2D eigenvalue weighted by atomic mass is 14.4. The van der Waals surface area contributed by atoms with E-state index in [9.17, 15) is 0 Å². The summed E-state index contributed by atoms with van der Waals surface area (Å²) in [5.41, 5.74) is 26.1. The minimum Gasteiger partial charge on any atom is -0.0622 e. The molecule has 0 heteroatoms. The van der Waals surface area contributed by atoms with Crippen LogP contribution in [0.5, 0.6) is 0 Å². The summed E-state index contributed by atoms with van der Waals surface area (Å²) >= 11 is 0. The Morgan fingerprint density at radius 2 is 0.580 bits per heavy atom. The summed E-state index contributed by atoms with van der Waals surface area (Å²) in [5.74, 6) is 0. The van der Waals surface area contributed by atoms with Crippen LogP contribution in [0.3, 0.4) is 0 Å². The first-order valence-electron chi connectivity index (χ1n) is 24.7. The van der Waals surface area contributed by atoms with Crippen molar-refractivity contribution in [1.29, 1.82) is 0 Å². The fourth-order valence-corrected chi connectivity index (χ4v) is 13.2. The molecule has 0 saturated heterocycles. The van der Waals surface area contributed by atoms with E-state index in [1.165, 1.54) is 144 Å². The molecular weight excluding hydrogens is 829 g/mol. The van der Waals surface area contributed by atoms with Gasteiger partial charge < -0.3 is 0 Å². The van der Waals surface area contributed by atoms with E-state index in [0.717, 1.165) is 0 Å². The van der Waals surface area contributed by atoms with Gasteiger partial charge in [0, 0.05) is 16.2 Å². The summed E-state index contributed by atoms with van der Waals surface area (Å²) in [5, 5.41) is 7.70. The SMILES string of the molecule is CC1(C)c2ccccc2-c2ccc(-c3c4ccccc4c(-c4ccc5c(c4)C(C)(C)c4ccccc4-5)c4cc5c(cc34)-c3ccc(-c4ccc6cc(-c7ccccc7)ccc6c4)cc3C5(C)C)cc21. The van der Waals surface area contributed by atoms with Gasteiger partial charge in [0.2, 0.25) is 0 Å². The van der Waals surface area contributed by atoms with E-state index in [1.54, 1.807) is 0 Å². The van der Waals surface area contributed by atoms with Gasteiger partial charge in [-0.1, -0.05) is 205 Å². The first kappa shape index (κ1) is 40.3. The molecule has 69 heavy (non-hydrogen) atoms. The maximum Gasteiger partial charge on any atom is 0.0159 e. The Hall–Kier alpha value is -7.80. The van der Waals surface area contributed by atoms with E-state index in [2.05, 4.69) is 248 Å². The Balaban J connectivity index is 0.988. The van der Waals surface area contributed by atoms with E-state index in [0.29, 0.717) is 0 Å². The number of hydrogen-bond donors (Lipinski definition) is 0. The number of rotatable bonds is 4. The molecule has 0 bridgehead atoms. The third-order valence-electron chi connectivity index (χ3n) is 16.8. The van der Waals surface area contributed by atoms with Crippen LogP contribution in [0.1, 0.15) is 74.9 Å². The van der Waals surface area contributed by atoms with E-state index in [4.69, 9.17) is 0 Å². The van der Waals surface area contributed by atoms with Gasteiger partial charge in [-0.05, 0) is 186 Å². The molecule has 0 radical (unpaired) electrons. The zero-order chi connectivity index (χ0) is 46.6. The van der Waals surface area contributed by atoms with Crippen LogP contribution in [0.15, 0.2) is 206 Å². The van der Waals surface area contributed by atoms with Crippen molar-refractivity contribution in [2.24, 2.45) is 0 Å². The predicted octanol–water partition coefficient (Wildman–Crippen LogP) is 18.7. The van der Waals surface area contributed by atoms with Crippen LogP contribution in [0, 0.1) is 0 Å². The summed E-state index contributed by atoms with van der Waals surface area (Å²) in [4.78, 5) is 0. The summed E-state index contributed by atoms with van der Waals surface area (Å²) in [6.45, 7) is 14.5. The van der Waals surface area contributed by atoms with Crippen molar-refractivity contribution in [2.75, 3.05) is 0 Å². The molecule has 3 aliphatic carbocycles. The van der Waals surface area contributed by atoms with Crippen molar-refractivity contribution in [3.63, 3.8) is 0 Å². The number of benzene rings is 11. The second-order valence-electron chi connectivity index (χ2n) is 21.6. The van der Waals surface area contributed by atoms with Crippen molar-refractivity contribution in [3.05, 3.63) is 240 Å². The van der Waals surface area contributed by atoms with E-state index < -0.39 is 0 Å². The fraction of sp³-hybridized carbons (Fsp3) is 0.130. The Morgan fingerprint density at radius 3 is 1.13 bits per heavy atom. The normalized spacial score (nSPS) is 15.2. The molecule has 11 aromatic carbocycles. The highest BCUT2D eigenvalue weighted by Crippen LogP contribution is 2.57. The van der Waals surface area contributed by atoms with Crippen LogP contribution in [0.25, 0.3) is 110 Å². The van der Waals surface area contributed by atoms with Crippen molar-refractivity contribution in [1.82, 2.24) is 0 Å². The van der Waals surface area contributed by atoms with Gasteiger partial charge in [0.25, 0.3) is 0 Å². The highest BCUT2D eigenvalue weighted by Gasteiger charge is 2.39. The second-order valence-corrected chi connectivity index (χ2v) is 21.6. The van der Waals surface area contributed by atoms with Crippen molar-refractivity contribution in [3.8, 4) is 77.9 Å². The molecule has 0 nitrogen and oxygen atoms in total. The molecule has 3 aliphatic rings. The smallest absolute Gasteiger partial charge is 0.0159 e. The van der Waals surface area contributed by atoms with Crippen LogP contribution in [-0.4, -0.2) is 0 Å². The lowest BCUT2D eigenvalue weighted by atomic mass is 9.77. The van der Waals surface area contributed by atoms with E-state index in [1.807, 2.05) is 0 Å². The highest BCUT2D eigenvalue weighted by molar-refractivity contribution is 6.23. The summed E-state index contributed by atoms with van der Waals surface area (Å²) < 4.78 is 0. The maximum absolute atomic E-state index is 2.59. The molecule has 0 aliphatic heterocycles. The molecule has 0 atom stereocenters. The van der Waals surface area contributed by atoms with Gasteiger partial charge in [0.15, 0.2) is 0 Å². The lowest BCUT2D eigenvalue weighted by Crippen LogP contribution is -2.15. The van der Waals surface area contributed by atoms with Crippen molar-refractivity contribution < 1.29 is 0 Å². The molecule has 0 saturated carbocycles. The van der Waals surface area contributed by atoms with Gasteiger partial charge >= 0.3 is 0 Å². The lowest BCUT2D eigenvalue weighted by molar-refractivity contribution is 0.660. The Morgan fingerprint density at radius 1 is 0.217 bits per heavy atom. The molecule has 14 rings (SSSR count). The topological polar surface area (TPSA) is 0 Å². The molecule has 328 valence electrons. The average molecular weight is 881 g/mol. The van der Waals surface area contributed by atoms with Crippen LogP contribution < -0.4 is 0 Å². The number of fused-ring (bicyclic) bond motifs is 12. The molecule has 0 spiro atoms. The summed E-state index contributed by atoms with van der Waals surface area (Å²) in [6.07, 6.45) is 0. The predicted molar refractivity (Wildman–Crippen MR) is 293 cm³/mol. The average Bonchev–Trinajstić information content (AvgIpc) is 3.85. The molecule has 0 N–H and O–H groups in total. The minimum atomic E-state index is -0.232. The standard InChI is InChI=1S/C69H52/c1-67(2)59-22-14-12-18-49(59)51-32-29-47(37-62(51)67)65-54-20-10-11-21-55(54)66(48-30-33-52-50-19-13-15-23-60(50)68(3,4)63(52)38-48)58-40-64-56(39-57(58)65)53-31-28-46(36-61(53)69(64,5)6)45-27-26-43-34-42(24-25-44(43)35-45)41-16-8-7-9-17-41/h7-40H,1-6H3. The zero-order valence-electron chi connectivity index (χ0n) is 40.1. The van der Waals surface area contributed by atoms with Gasteiger partial charge in [-0.2, -0.15) is 0 Å². The Bertz CT molecular complexity index is 4020. The Kier molecular flexibility index (Phi) is 8.25. The molecule has 0 amide bonds. The maximum atomic E-state index is 2.59. The van der Waals surface area contributed by atoms with Crippen LogP contribution in [0.2, 0.25) is 0 Å². The van der Waals surface area contributed by atoms with Gasteiger partial charge in [-0.15, -0.1) is 0 Å². The van der Waals surface area contributed by atoms with Gasteiger partial charge in [0.05, 0.1) is 0 Å². The third-order valence-corrected chi connectivity index (χ3v) is 16.8. The van der Waals surface area contributed by atoms with Crippen LogP contribution in [0.4, 0.5) is 0 Å². The summed E-state index contributed by atoms with van der Waals surface area (Å²) in [6, 6.07) is 78.8. The summed E-state index contributed by atoms with van der Waals surface area (Å²) in [7, 11) is 0. The number of hydrogen-bond acceptors (Lipinski definition) is 0. The third kappa shape index (κ3) is 5.64. The largest absolute Gasteiger partial charge is 0.0622 e. The first-order chi connectivity index (χ1) is 33.5. The monoisotopic (exact) mass is 880 g/mol. The molecule has 0 heterocycles. The molecule has 0 aromatic heterocycles. The fourth-order valence-electron chi connectivity index (χ4n) is 13.2. The van der Waals surface area contributed by atoms with Crippen molar-refractivity contribution >= 4 is 32.3 Å². The van der Waals surface area contributed by atoms with Gasteiger partial charge in [-0.3, -0.25) is 0 Å². The minimum absolute atomic E-state index is 0.110. The Labute approximate surface area is 405 Å². The van der Waals surface area contributed by atoms with Crippen LogP contribution >= 0.6 is 0 Å². The van der Waals surface area contributed by atoms with E-state index >= 15 is 0 Å². The first-order valence-corrected chi connectivity index (χ1v) is 24.7.